The van der Waals surface area contributed by atoms with Gasteiger partial charge in [-0.25, -0.2) is 9.37 Å². The zero-order chi connectivity index (χ0) is 15.6. The van der Waals surface area contributed by atoms with Crippen molar-refractivity contribution in [2.45, 2.75) is 6.92 Å². The van der Waals surface area contributed by atoms with Gasteiger partial charge in [0.15, 0.2) is 11.7 Å². The minimum Gasteiger partial charge on any atom is -0.496 e. The molecule has 0 bridgehead atoms. The Hall–Kier alpha value is -2.90. The van der Waals surface area contributed by atoms with Crippen LogP contribution in [-0.4, -0.2) is 28.9 Å². The van der Waals surface area contributed by atoms with Crippen molar-refractivity contribution in [3.05, 3.63) is 35.4 Å². The number of benzene rings is 1. The van der Waals surface area contributed by atoms with Gasteiger partial charge in [0.25, 0.3) is 0 Å². The van der Waals surface area contributed by atoms with Crippen molar-refractivity contribution in [1.82, 2.24) is 9.97 Å². The van der Waals surface area contributed by atoms with E-state index in [1.54, 1.807) is 6.92 Å². The number of carbonyl (C=O) groups excluding carboxylic acids is 1. The summed E-state index contributed by atoms with van der Waals surface area (Å²) in [6.07, 6.45) is 0. The van der Waals surface area contributed by atoms with Crippen molar-refractivity contribution in [3.8, 4) is 17.1 Å². The highest BCUT2D eigenvalue weighted by Crippen LogP contribution is 2.29. The molecule has 0 atom stereocenters. The highest BCUT2D eigenvalue weighted by molar-refractivity contribution is 6.01. The lowest BCUT2D eigenvalue weighted by atomic mass is 10.2. The molecule has 0 saturated heterocycles. The molecule has 0 fully saturated rings. The number of nitrogens with one attached hydrogen (secondary N) is 1. The van der Waals surface area contributed by atoms with Gasteiger partial charge < -0.3 is 21.2 Å². The molecule has 21 heavy (non-hydrogen) atoms. The predicted molar refractivity (Wildman–Crippen MR) is 75.4 cm³/mol. The molecule has 5 N–H and O–H groups in total. The summed E-state index contributed by atoms with van der Waals surface area (Å²) in [5, 5.41) is 0. The number of nitrogens with two attached hydrogens (primary N) is 2. The number of aliphatic imine (C=N–C) groups is 1. The minimum atomic E-state index is -0.676. The molecule has 0 aliphatic carbocycles. The van der Waals surface area contributed by atoms with E-state index in [0.717, 1.165) is 0 Å². The molecular weight excluding hydrogens is 277 g/mol. The summed E-state index contributed by atoms with van der Waals surface area (Å²) in [6.45, 7) is 1.64. The number of rotatable bonds is 3. The number of ether oxygens (including phenoxy) is 1. The lowest BCUT2D eigenvalue weighted by molar-refractivity contribution is 0.0998. The number of guanidine groups is 1. The van der Waals surface area contributed by atoms with Gasteiger partial charge in [-0.3, -0.25) is 4.79 Å². The van der Waals surface area contributed by atoms with Crippen molar-refractivity contribution in [3.63, 3.8) is 0 Å². The van der Waals surface area contributed by atoms with Gasteiger partial charge in [-0.05, 0) is 25.1 Å². The van der Waals surface area contributed by atoms with E-state index in [1.807, 2.05) is 0 Å². The monoisotopic (exact) mass is 291 g/mol. The van der Waals surface area contributed by atoms with Gasteiger partial charge in [0, 0.05) is 5.69 Å². The maximum Gasteiger partial charge on any atom is 0.300 e. The van der Waals surface area contributed by atoms with Gasteiger partial charge in [0.05, 0.1) is 12.7 Å². The molecule has 2 rings (SSSR count). The normalized spacial score (nSPS) is 10.2. The average molecular weight is 291 g/mol. The van der Waals surface area contributed by atoms with Gasteiger partial charge >= 0.3 is 5.91 Å². The largest absolute Gasteiger partial charge is 0.496 e. The molecule has 1 aromatic heterocycles. The van der Waals surface area contributed by atoms with Crippen LogP contribution in [0.1, 0.15) is 16.2 Å². The second kappa shape index (κ2) is 5.61. The van der Waals surface area contributed by atoms with Crippen LogP contribution in [0, 0.1) is 12.7 Å². The summed E-state index contributed by atoms with van der Waals surface area (Å²) in [5.41, 5.74) is 11.2. The van der Waals surface area contributed by atoms with E-state index in [1.165, 1.54) is 25.3 Å². The Kier molecular flexibility index (Phi) is 3.88. The van der Waals surface area contributed by atoms with E-state index in [0.29, 0.717) is 17.0 Å². The first kappa shape index (κ1) is 14.5. The van der Waals surface area contributed by atoms with Crippen molar-refractivity contribution in [1.29, 1.82) is 0 Å². The van der Waals surface area contributed by atoms with Crippen LogP contribution in [0.5, 0.6) is 5.75 Å². The summed E-state index contributed by atoms with van der Waals surface area (Å²) in [4.78, 5) is 22.2. The Morgan fingerprint density at radius 3 is 2.76 bits per heavy atom. The number of carbonyl (C=O) groups is 1. The fourth-order valence-corrected chi connectivity index (χ4v) is 1.83. The summed E-state index contributed by atoms with van der Waals surface area (Å²) in [5.74, 6) is -0.765. The quantitative estimate of drug-likeness (QED) is 0.574. The number of aromatic nitrogens is 2. The second-order valence-corrected chi connectivity index (χ2v) is 4.25. The number of aromatic amines is 1. The third-order valence-electron chi connectivity index (χ3n) is 2.73. The number of amides is 1. The van der Waals surface area contributed by atoms with Gasteiger partial charge in [-0.1, -0.05) is 0 Å². The average Bonchev–Trinajstić information content (AvgIpc) is 2.80. The van der Waals surface area contributed by atoms with E-state index in [-0.39, 0.29) is 17.5 Å². The maximum atomic E-state index is 13.4. The number of nitrogens with zero attached hydrogens (tertiary/aromatic N) is 2. The molecule has 8 heteroatoms. The molecule has 0 aliphatic rings. The number of halogens is 1. The van der Waals surface area contributed by atoms with Gasteiger partial charge in [-0.15, -0.1) is 0 Å². The number of aryl methyl sites for hydroxylation is 1. The third-order valence-corrected chi connectivity index (χ3v) is 2.73. The highest BCUT2D eigenvalue weighted by Gasteiger charge is 2.18. The van der Waals surface area contributed by atoms with E-state index in [4.69, 9.17) is 16.2 Å². The molecule has 0 radical (unpaired) electrons. The molecule has 0 spiro atoms. The number of hydrogen-bond donors (Lipinski definition) is 3. The van der Waals surface area contributed by atoms with Crippen molar-refractivity contribution >= 4 is 11.9 Å². The zero-order valence-corrected chi connectivity index (χ0v) is 11.5. The Balaban J connectivity index is 2.50. The summed E-state index contributed by atoms with van der Waals surface area (Å²) in [6, 6.07) is 4.00. The summed E-state index contributed by atoms with van der Waals surface area (Å²) in [7, 11) is 1.46. The summed E-state index contributed by atoms with van der Waals surface area (Å²) >= 11 is 0. The fourth-order valence-electron chi connectivity index (χ4n) is 1.83. The summed E-state index contributed by atoms with van der Waals surface area (Å²) < 4.78 is 18.5. The molecule has 0 unspecified atom stereocenters. The van der Waals surface area contributed by atoms with Crippen LogP contribution in [0.25, 0.3) is 11.4 Å². The zero-order valence-electron chi connectivity index (χ0n) is 11.5. The Labute approximate surface area is 119 Å². The lowest BCUT2D eigenvalue weighted by Crippen LogP contribution is -2.24. The van der Waals surface area contributed by atoms with E-state index < -0.39 is 11.7 Å². The van der Waals surface area contributed by atoms with E-state index >= 15 is 0 Å². The van der Waals surface area contributed by atoms with Gasteiger partial charge in [-0.2, -0.15) is 4.99 Å². The van der Waals surface area contributed by atoms with Crippen LogP contribution in [0.15, 0.2) is 23.2 Å². The first-order valence-corrected chi connectivity index (χ1v) is 5.97. The van der Waals surface area contributed by atoms with Crippen LogP contribution >= 0.6 is 0 Å². The number of hydrogen-bond acceptors (Lipinski definition) is 3. The first-order valence-electron chi connectivity index (χ1n) is 5.97. The standard InChI is InChI=1S/C13H14FN5O2/c1-6-10(12(20)19-13(15)16)18-11(17-6)8-5-7(14)3-4-9(8)21-2/h3-5H,1-2H3,(H,17,18)(H4,15,16,19,20). The van der Waals surface area contributed by atoms with Crippen LogP contribution in [0.2, 0.25) is 0 Å². The molecule has 7 nitrogen and oxygen atoms in total. The molecular formula is C13H14FN5O2. The molecule has 1 amide bonds. The van der Waals surface area contributed by atoms with Gasteiger partial charge in [0.1, 0.15) is 17.4 Å². The fraction of sp³-hybridized carbons (Fsp3) is 0.154. The number of H-pyrrole nitrogens is 1. The van der Waals surface area contributed by atoms with Crippen molar-refractivity contribution in [2.24, 2.45) is 16.5 Å². The lowest BCUT2D eigenvalue weighted by Gasteiger charge is -2.05. The minimum absolute atomic E-state index is 0.0599. The third kappa shape index (κ3) is 2.99. The Morgan fingerprint density at radius 2 is 2.14 bits per heavy atom. The molecule has 1 aromatic carbocycles. The Morgan fingerprint density at radius 1 is 1.43 bits per heavy atom. The van der Waals surface area contributed by atoms with Crippen LogP contribution < -0.4 is 16.2 Å². The molecule has 0 saturated carbocycles. The number of methoxy groups -OCH3 is 1. The second-order valence-electron chi connectivity index (χ2n) is 4.25. The molecule has 110 valence electrons. The first-order chi connectivity index (χ1) is 9.92. The molecule has 2 aromatic rings. The van der Waals surface area contributed by atoms with Crippen LogP contribution in [0.3, 0.4) is 0 Å². The predicted octanol–water partition coefficient (Wildman–Crippen LogP) is 0.946. The van der Waals surface area contributed by atoms with Crippen molar-refractivity contribution in [2.75, 3.05) is 7.11 Å². The SMILES string of the molecule is COc1ccc(F)cc1-c1nc(C(=O)N=C(N)N)c(C)[nH]1. The smallest absolute Gasteiger partial charge is 0.300 e. The molecule has 0 aliphatic heterocycles. The van der Waals surface area contributed by atoms with E-state index in [2.05, 4.69) is 15.0 Å². The van der Waals surface area contributed by atoms with Crippen LogP contribution in [-0.2, 0) is 0 Å². The van der Waals surface area contributed by atoms with Crippen LogP contribution in [0.4, 0.5) is 4.39 Å². The topological polar surface area (TPSA) is 119 Å². The van der Waals surface area contributed by atoms with Crippen molar-refractivity contribution < 1.29 is 13.9 Å². The number of imidazole rings is 1. The maximum absolute atomic E-state index is 13.4. The molecule has 1 heterocycles. The highest BCUT2D eigenvalue weighted by atomic mass is 19.1. The Bertz CT molecular complexity index is 719. The van der Waals surface area contributed by atoms with E-state index in [9.17, 15) is 9.18 Å². The van der Waals surface area contributed by atoms with Gasteiger partial charge in [0.2, 0.25) is 0 Å².